The fraction of sp³-hybridized carbons (Fsp3) is 0. The third kappa shape index (κ3) is 3.68. The van der Waals surface area contributed by atoms with E-state index in [-0.39, 0.29) is 0 Å². The molecule has 3 aromatic rings. The van der Waals surface area contributed by atoms with Gasteiger partial charge >= 0.3 is 5.97 Å². The number of esters is 1. The van der Waals surface area contributed by atoms with Crippen LogP contribution in [0.4, 0.5) is 4.39 Å². The molecule has 0 bridgehead atoms. The van der Waals surface area contributed by atoms with Gasteiger partial charge in [0, 0.05) is 17.2 Å². The van der Waals surface area contributed by atoms with E-state index in [1.54, 1.807) is 42.5 Å². The molecular weight excluding hydrogens is 299 g/mol. The quantitative estimate of drug-likeness (QED) is 0.419. The van der Waals surface area contributed by atoms with Crippen molar-refractivity contribution in [1.29, 1.82) is 0 Å². The maximum absolute atomic E-state index is 13.4. The Balaban J connectivity index is 1.65. The Morgan fingerprint density at radius 2 is 1.91 bits per heavy atom. The van der Waals surface area contributed by atoms with Crippen molar-refractivity contribution in [2.45, 2.75) is 0 Å². The summed E-state index contributed by atoms with van der Waals surface area (Å²) in [6.07, 6.45) is 3.77. The molecular formula is C17H11FN2O3. The van der Waals surface area contributed by atoms with E-state index in [1.807, 2.05) is 0 Å². The maximum Gasteiger partial charge on any atom is 0.336 e. The number of hydrogen-bond acceptors (Lipinski definition) is 5. The van der Waals surface area contributed by atoms with Gasteiger partial charge in [-0.05, 0) is 36.4 Å². The molecule has 0 saturated carbocycles. The number of carbonyl (C=O) groups is 1. The number of ether oxygens (including phenoxy) is 1. The first kappa shape index (κ1) is 14.6. The molecule has 5 nitrogen and oxygen atoms in total. The summed E-state index contributed by atoms with van der Waals surface area (Å²) in [5, 5.41) is 7.37. The first-order valence-corrected chi connectivity index (χ1v) is 6.73. The van der Waals surface area contributed by atoms with Gasteiger partial charge in [-0.15, -0.1) is 10.2 Å². The zero-order valence-electron chi connectivity index (χ0n) is 11.8. The fourth-order valence-corrected chi connectivity index (χ4v) is 1.88. The molecule has 0 saturated heterocycles. The highest BCUT2D eigenvalue weighted by Gasteiger charge is 2.05. The molecule has 0 unspecified atom stereocenters. The van der Waals surface area contributed by atoms with E-state index in [0.717, 1.165) is 0 Å². The van der Waals surface area contributed by atoms with Gasteiger partial charge in [0.05, 0.1) is 0 Å². The monoisotopic (exact) mass is 310 g/mol. The van der Waals surface area contributed by atoms with E-state index < -0.39 is 11.8 Å². The minimum absolute atomic E-state index is 0.316. The largest absolute Gasteiger partial charge is 0.423 e. The van der Waals surface area contributed by atoms with Crippen LogP contribution >= 0.6 is 0 Å². The molecule has 0 fully saturated rings. The van der Waals surface area contributed by atoms with Gasteiger partial charge in [0.2, 0.25) is 12.3 Å². The van der Waals surface area contributed by atoms with Crippen molar-refractivity contribution in [3.05, 3.63) is 72.4 Å². The Hall–Kier alpha value is -3.28. The zero-order chi connectivity index (χ0) is 16.1. The van der Waals surface area contributed by atoms with E-state index in [2.05, 4.69) is 10.2 Å². The minimum atomic E-state index is -0.598. The molecule has 0 spiro atoms. The van der Waals surface area contributed by atoms with Crippen LogP contribution in [0, 0.1) is 5.82 Å². The molecule has 0 N–H and O–H groups in total. The second-order valence-electron chi connectivity index (χ2n) is 4.54. The third-order valence-electron chi connectivity index (χ3n) is 2.98. The number of halogens is 1. The zero-order valence-corrected chi connectivity index (χ0v) is 11.8. The van der Waals surface area contributed by atoms with Gasteiger partial charge in [-0.25, -0.2) is 9.18 Å². The SMILES string of the molecule is O=C(/C=C/c1ccccc1F)Oc1ccc(-c2nnco2)cc1. The van der Waals surface area contributed by atoms with E-state index in [9.17, 15) is 9.18 Å². The number of carbonyl (C=O) groups excluding carboxylic acids is 1. The Morgan fingerprint density at radius 1 is 1.13 bits per heavy atom. The summed E-state index contributed by atoms with van der Waals surface area (Å²) in [5.74, 6) is -0.266. The van der Waals surface area contributed by atoms with Crippen LogP contribution in [0.25, 0.3) is 17.5 Å². The van der Waals surface area contributed by atoms with Crippen molar-refractivity contribution < 1.29 is 18.3 Å². The number of nitrogens with zero attached hydrogens (tertiary/aromatic N) is 2. The number of benzene rings is 2. The van der Waals surface area contributed by atoms with Gasteiger partial charge in [-0.3, -0.25) is 0 Å². The standard InChI is InChI=1S/C17H11FN2O3/c18-15-4-2-1-3-12(15)7-10-16(21)23-14-8-5-13(6-9-14)17-20-19-11-22-17/h1-11H/b10-7+. The lowest BCUT2D eigenvalue weighted by Crippen LogP contribution is -2.03. The van der Waals surface area contributed by atoms with Crippen LogP contribution in [0.3, 0.4) is 0 Å². The number of hydrogen-bond donors (Lipinski definition) is 0. The molecule has 114 valence electrons. The van der Waals surface area contributed by atoms with Gasteiger partial charge in [0.15, 0.2) is 0 Å². The number of aromatic nitrogens is 2. The summed E-state index contributed by atoms with van der Waals surface area (Å²) >= 11 is 0. The summed E-state index contributed by atoms with van der Waals surface area (Å²) < 4.78 is 23.6. The van der Waals surface area contributed by atoms with E-state index in [4.69, 9.17) is 9.15 Å². The van der Waals surface area contributed by atoms with Gasteiger partial charge in [-0.2, -0.15) is 0 Å². The van der Waals surface area contributed by atoms with Crippen LogP contribution in [-0.4, -0.2) is 16.2 Å². The molecule has 23 heavy (non-hydrogen) atoms. The van der Waals surface area contributed by atoms with Gasteiger partial charge in [0.25, 0.3) is 0 Å². The molecule has 1 heterocycles. The second-order valence-corrected chi connectivity index (χ2v) is 4.54. The predicted molar refractivity (Wildman–Crippen MR) is 80.8 cm³/mol. The normalized spacial score (nSPS) is 10.8. The first-order valence-electron chi connectivity index (χ1n) is 6.73. The van der Waals surface area contributed by atoms with E-state index in [0.29, 0.717) is 22.8 Å². The van der Waals surface area contributed by atoms with Crippen molar-refractivity contribution in [2.75, 3.05) is 0 Å². The molecule has 6 heteroatoms. The Morgan fingerprint density at radius 3 is 2.61 bits per heavy atom. The maximum atomic E-state index is 13.4. The topological polar surface area (TPSA) is 65.2 Å². The first-order chi connectivity index (χ1) is 11.2. The minimum Gasteiger partial charge on any atom is -0.423 e. The molecule has 0 radical (unpaired) electrons. The van der Waals surface area contributed by atoms with Crippen LogP contribution in [0.15, 0.2) is 65.4 Å². The molecule has 1 aromatic heterocycles. The molecule has 0 atom stereocenters. The number of rotatable bonds is 4. The van der Waals surface area contributed by atoms with Gasteiger partial charge in [-0.1, -0.05) is 18.2 Å². The van der Waals surface area contributed by atoms with Crippen LogP contribution in [0.1, 0.15) is 5.56 Å². The van der Waals surface area contributed by atoms with Crippen molar-refractivity contribution in [2.24, 2.45) is 0 Å². The van der Waals surface area contributed by atoms with Crippen LogP contribution in [0.2, 0.25) is 0 Å². The average Bonchev–Trinajstić information content (AvgIpc) is 3.09. The fourth-order valence-electron chi connectivity index (χ4n) is 1.88. The molecule has 0 aliphatic carbocycles. The molecule has 0 aliphatic heterocycles. The van der Waals surface area contributed by atoms with Crippen LogP contribution in [0.5, 0.6) is 5.75 Å². The molecule has 0 aliphatic rings. The van der Waals surface area contributed by atoms with Crippen molar-refractivity contribution in [3.8, 4) is 17.2 Å². The predicted octanol–water partition coefficient (Wildman–Crippen LogP) is 3.49. The Labute approximate surface area is 131 Å². The third-order valence-corrected chi connectivity index (χ3v) is 2.98. The van der Waals surface area contributed by atoms with Crippen LogP contribution < -0.4 is 4.74 Å². The highest BCUT2D eigenvalue weighted by molar-refractivity contribution is 5.88. The Bertz CT molecular complexity index is 827. The smallest absolute Gasteiger partial charge is 0.336 e. The van der Waals surface area contributed by atoms with Crippen LogP contribution in [-0.2, 0) is 4.79 Å². The summed E-state index contributed by atoms with van der Waals surface area (Å²) in [4.78, 5) is 11.7. The molecule has 3 rings (SSSR count). The summed E-state index contributed by atoms with van der Waals surface area (Å²) in [6, 6.07) is 12.7. The van der Waals surface area contributed by atoms with Crippen molar-refractivity contribution in [3.63, 3.8) is 0 Å². The lowest BCUT2D eigenvalue weighted by Gasteiger charge is -2.02. The lowest BCUT2D eigenvalue weighted by molar-refractivity contribution is -0.128. The molecule has 0 amide bonds. The van der Waals surface area contributed by atoms with E-state index >= 15 is 0 Å². The highest BCUT2D eigenvalue weighted by Crippen LogP contribution is 2.20. The summed E-state index contributed by atoms with van der Waals surface area (Å²) in [7, 11) is 0. The van der Waals surface area contributed by atoms with Crippen molar-refractivity contribution in [1.82, 2.24) is 10.2 Å². The highest BCUT2D eigenvalue weighted by atomic mass is 19.1. The lowest BCUT2D eigenvalue weighted by atomic mass is 10.2. The summed E-state index contributed by atoms with van der Waals surface area (Å²) in [6.45, 7) is 0. The average molecular weight is 310 g/mol. The van der Waals surface area contributed by atoms with Crippen molar-refractivity contribution >= 4 is 12.0 Å². The van der Waals surface area contributed by atoms with Gasteiger partial charge in [0.1, 0.15) is 11.6 Å². The van der Waals surface area contributed by atoms with Gasteiger partial charge < -0.3 is 9.15 Å². The molecule has 2 aromatic carbocycles. The van der Waals surface area contributed by atoms with E-state index in [1.165, 1.54) is 24.6 Å². The Kier molecular flexibility index (Phi) is 4.24. The second kappa shape index (κ2) is 6.65. The summed E-state index contributed by atoms with van der Waals surface area (Å²) in [5.41, 5.74) is 1.03.